The average molecular weight is 417 g/mol. The smallest absolute Gasteiger partial charge is 0.183 e. The van der Waals surface area contributed by atoms with Crippen LogP contribution in [0.1, 0.15) is 5.76 Å². The van der Waals surface area contributed by atoms with Gasteiger partial charge in [0.15, 0.2) is 4.67 Å². The maximum atomic E-state index is 6.15. The van der Waals surface area contributed by atoms with E-state index in [1.807, 2.05) is 30.3 Å². The van der Waals surface area contributed by atoms with Crippen LogP contribution in [-0.4, -0.2) is 4.98 Å². The molecule has 0 aliphatic carbocycles. The fourth-order valence-electron chi connectivity index (χ4n) is 1.95. The summed E-state index contributed by atoms with van der Waals surface area (Å²) in [6.07, 6.45) is 1.73. The van der Waals surface area contributed by atoms with Crippen LogP contribution in [0.3, 0.4) is 0 Å². The number of hydrogen-bond donors (Lipinski definition) is 1. The molecule has 3 rings (SSSR count). The highest BCUT2D eigenvalue weighted by molar-refractivity contribution is 9.13. The number of nitrogens with zero attached hydrogens (tertiary/aromatic N) is 1. The second kappa shape index (κ2) is 5.76. The molecule has 3 aromatic rings. The van der Waals surface area contributed by atoms with Crippen LogP contribution in [0, 0.1) is 0 Å². The van der Waals surface area contributed by atoms with E-state index in [0.29, 0.717) is 16.2 Å². The Hall–Kier alpha value is -1.04. The number of pyridine rings is 1. The van der Waals surface area contributed by atoms with Gasteiger partial charge in [-0.1, -0.05) is 11.6 Å². The van der Waals surface area contributed by atoms with Crippen LogP contribution >= 0.6 is 43.5 Å². The maximum absolute atomic E-state index is 6.15. The molecule has 0 radical (unpaired) electrons. The van der Waals surface area contributed by atoms with Gasteiger partial charge in [-0.3, -0.25) is 4.98 Å². The molecule has 0 saturated heterocycles. The van der Waals surface area contributed by atoms with Gasteiger partial charge in [0, 0.05) is 17.3 Å². The molecule has 0 aliphatic rings. The van der Waals surface area contributed by atoms with Gasteiger partial charge in [-0.05, 0) is 62.2 Å². The van der Waals surface area contributed by atoms with Crippen LogP contribution < -0.4 is 5.32 Å². The Morgan fingerprint density at radius 3 is 2.85 bits per heavy atom. The number of anilines is 1. The van der Waals surface area contributed by atoms with Gasteiger partial charge < -0.3 is 9.73 Å². The minimum absolute atomic E-state index is 0.579. The number of fused-ring (bicyclic) bond motifs is 1. The van der Waals surface area contributed by atoms with Crippen LogP contribution in [-0.2, 0) is 6.54 Å². The second-order valence-corrected chi connectivity index (χ2v) is 6.16. The van der Waals surface area contributed by atoms with Gasteiger partial charge >= 0.3 is 0 Å². The standard InChI is InChI=1S/C14H9Br2ClN2O/c15-10-6-8(20-14(10)16)7-19-12-4-3-11(17)13-9(12)2-1-5-18-13/h1-6,19H,7H2. The van der Waals surface area contributed by atoms with Gasteiger partial charge in [-0.25, -0.2) is 0 Å². The van der Waals surface area contributed by atoms with E-state index in [1.54, 1.807) is 6.20 Å². The number of halogens is 3. The molecule has 2 aromatic heterocycles. The summed E-state index contributed by atoms with van der Waals surface area (Å²) in [5, 5.41) is 4.98. The Labute approximate surface area is 137 Å². The predicted octanol–water partition coefficient (Wildman–Crippen LogP) is 5.62. The second-order valence-electron chi connectivity index (χ2n) is 4.18. The van der Waals surface area contributed by atoms with Crippen molar-refractivity contribution in [3.63, 3.8) is 0 Å². The zero-order chi connectivity index (χ0) is 14.1. The van der Waals surface area contributed by atoms with E-state index in [4.69, 9.17) is 16.0 Å². The summed E-state index contributed by atoms with van der Waals surface area (Å²) in [5.74, 6) is 0.829. The maximum Gasteiger partial charge on any atom is 0.183 e. The lowest BCUT2D eigenvalue weighted by Gasteiger charge is -2.09. The number of benzene rings is 1. The summed E-state index contributed by atoms with van der Waals surface area (Å²) in [6, 6.07) is 9.59. The van der Waals surface area contributed by atoms with Crippen LogP contribution in [0.5, 0.6) is 0 Å². The number of rotatable bonds is 3. The highest BCUT2D eigenvalue weighted by Crippen LogP contribution is 2.30. The first-order valence-electron chi connectivity index (χ1n) is 5.86. The summed E-state index contributed by atoms with van der Waals surface area (Å²) < 4.78 is 7.13. The molecule has 1 aromatic carbocycles. The first-order chi connectivity index (χ1) is 9.65. The molecule has 0 spiro atoms. The molecule has 0 amide bonds. The van der Waals surface area contributed by atoms with Gasteiger partial charge in [0.25, 0.3) is 0 Å². The largest absolute Gasteiger partial charge is 0.451 e. The van der Waals surface area contributed by atoms with Crippen molar-refractivity contribution < 1.29 is 4.42 Å². The molecule has 0 aliphatic heterocycles. The van der Waals surface area contributed by atoms with Crippen molar-refractivity contribution in [3.8, 4) is 0 Å². The van der Waals surface area contributed by atoms with Gasteiger partial charge in [-0.2, -0.15) is 0 Å². The SMILES string of the molecule is Clc1ccc(NCc2cc(Br)c(Br)o2)c2cccnc12. The Morgan fingerprint density at radius 1 is 1.25 bits per heavy atom. The zero-order valence-electron chi connectivity index (χ0n) is 10.2. The van der Waals surface area contributed by atoms with Crippen molar-refractivity contribution >= 4 is 60.1 Å². The topological polar surface area (TPSA) is 38.1 Å². The van der Waals surface area contributed by atoms with Crippen LogP contribution in [0.2, 0.25) is 5.02 Å². The van der Waals surface area contributed by atoms with Crippen molar-refractivity contribution in [2.45, 2.75) is 6.54 Å². The molecule has 0 fully saturated rings. The minimum atomic E-state index is 0.579. The van der Waals surface area contributed by atoms with Crippen molar-refractivity contribution in [2.24, 2.45) is 0 Å². The molecule has 2 heterocycles. The van der Waals surface area contributed by atoms with E-state index in [2.05, 4.69) is 42.2 Å². The molecule has 0 saturated carbocycles. The predicted molar refractivity (Wildman–Crippen MR) is 88.2 cm³/mol. The highest BCUT2D eigenvalue weighted by Gasteiger charge is 2.08. The van der Waals surface area contributed by atoms with E-state index >= 15 is 0 Å². The van der Waals surface area contributed by atoms with Crippen molar-refractivity contribution in [1.82, 2.24) is 4.98 Å². The lowest BCUT2D eigenvalue weighted by atomic mass is 10.2. The van der Waals surface area contributed by atoms with E-state index in [1.165, 1.54) is 0 Å². The third-order valence-corrected chi connectivity index (χ3v) is 4.88. The van der Waals surface area contributed by atoms with Crippen molar-refractivity contribution in [1.29, 1.82) is 0 Å². The van der Waals surface area contributed by atoms with E-state index in [9.17, 15) is 0 Å². The minimum Gasteiger partial charge on any atom is -0.451 e. The van der Waals surface area contributed by atoms with Crippen molar-refractivity contribution in [3.05, 3.63) is 56.5 Å². The monoisotopic (exact) mass is 414 g/mol. The van der Waals surface area contributed by atoms with Gasteiger partial charge in [0.05, 0.1) is 21.6 Å². The molecule has 0 atom stereocenters. The highest BCUT2D eigenvalue weighted by atomic mass is 79.9. The number of hydrogen-bond acceptors (Lipinski definition) is 3. The summed E-state index contributed by atoms with van der Waals surface area (Å²) in [6.45, 7) is 0.579. The average Bonchev–Trinajstić information content (AvgIpc) is 2.77. The number of furan rings is 1. The van der Waals surface area contributed by atoms with Crippen LogP contribution in [0.15, 0.2) is 50.1 Å². The molecule has 0 unspecified atom stereocenters. The van der Waals surface area contributed by atoms with E-state index in [-0.39, 0.29) is 0 Å². The quantitative estimate of drug-likeness (QED) is 0.602. The Balaban J connectivity index is 1.89. The Bertz CT molecular complexity index is 753. The normalized spacial score (nSPS) is 10.9. The van der Waals surface area contributed by atoms with Crippen LogP contribution in [0.25, 0.3) is 10.9 Å². The summed E-state index contributed by atoms with van der Waals surface area (Å²) >= 11 is 12.9. The molecular formula is C14H9Br2ClN2O. The fourth-order valence-corrected chi connectivity index (χ4v) is 2.83. The number of aromatic nitrogens is 1. The summed E-state index contributed by atoms with van der Waals surface area (Å²) in [7, 11) is 0. The van der Waals surface area contributed by atoms with Crippen LogP contribution in [0.4, 0.5) is 5.69 Å². The van der Waals surface area contributed by atoms with Gasteiger partial charge in [0.2, 0.25) is 0 Å². The molecule has 0 bridgehead atoms. The molecular weight excluding hydrogens is 407 g/mol. The lowest BCUT2D eigenvalue weighted by molar-refractivity contribution is 0.494. The molecule has 3 nitrogen and oxygen atoms in total. The first kappa shape index (κ1) is 13.9. The number of nitrogens with one attached hydrogen (secondary N) is 1. The van der Waals surface area contributed by atoms with Gasteiger partial charge in [0.1, 0.15) is 5.76 Å². The first-order valence-corrected chi connectivity index (χ1v) is 7.82. The van der Waals surface area contributed by atoms with Crippen molar-refractivity contribution in [2.75, 3.05) is 5.32 Å². The van der Waals surface area contributed by atoms with E-state index < -0.39 is 0 Å². The molecule has 20 heavy (non-hydrogen) atoms. The molecule has 6 heteroatoms. The fraction of sp³-hybridized carbons (Fsp3) is 0.0714. The third kappa shape index (κ3) is 2.71. The van der Waals surface area contributed by atoms with Gasteiger partial charge in [-0.15, -0.1) is 0 Å². The lowest BCUT2D eigenvalue weighted by Crippen LogP contribution is -1.99. The van der Waals surface area contributed by atoms with E-state index in [0.717, 1.165) is 26.8 Å². The molecule has 102 valence electrons. The Kier molecular flexibility index (Phi) is 4.01. The third-order valence-electron chi connectivity index (χ3n) is 2.87. The zero-order valence-corrected chi connectivity index (χ0v) is 14.1. The summed E-state index contributed by atoms with van der Waals surface area (Å²) in [5.41, 5.74) is 1.77. The summed E-state index contributed by atoms with van der Waals surface area (Å²) in [4.78, 5) is 4.30. The molecule has 1 N–H and O–H groups in total. The Morgan fingerprint density at radius 2 is 2.10 bits per heavy atom.